The lowest BCUT2D eigenvalue weighted by atomic mass is 10.2. The van der Waals surface area contributed by atoms with Gasteiger partial charge in [-0.15, -0.1) is 0 Å². The Labute approximate surface area is 64.9 Å². The minimum Gasteiger partial charge on any atom is -0.342 e. The van der Waals surface area contributed by atoms with Crippen molar-refractivity contribution in [2.45, 2.75) is 12.5 Å². The quantitative estimate of drug-likeness (QED) is 0.600. The number of nitrogens with one attached hydrogen (secondary N) is 2. The largest absolute Gasteiger partial charge is 0.342 e. The van der Waals surface area contributed by atoms with Crippen LogP contribution in [0.2, 0.25) is 0 Å². The molecule has 1 fully saturated rings. The van der Waals surface area contributed by atoms with E-state index in [1.165, 1.54) is 0 Å². The Morgan fingerprint density at radius 2 is 2.60 bits per heavy atom. The van der Waals surface area contributed by atoms with Gasteiger partial charge < -0.3 is 5.32 Å². The molecule has 58 valence electrons. The van der Waals surface area contributed by atoms with E-state index >= 15 is 0 Å². The van der Waals surface area contributed by atoms with E-state index in [9.17, 15) is 4.79 Å². The molecule has 0 aliphatic carbocycles. The van der Waals surface area contributed by atoms with Crippen LogP contribution in [0.15, 0.2) is 0 Å². The Balaban J connectivity index is 2.20. The first-order chi connectivity index (χ1) is 4.84. The number of hydrogen-bond acceptors (Lipinski definition) is 3. The molecule has 1 atom stereocenters. The van der Waals surface area contributed by atoms with Gasteiger partial charge in [-0.25, -0.2) is 0 Å². The van der Waals surface area contributed by atoms with Gasteiger partial charge in [0.25, 0.3) is 0 Å². The summed E-state index contributed by atoms with van der Waals surface area (Å²) >= 11 is 1.77. The SMILES string of the molecule is CSCCC1NCNC1=O. The van der Waals surface area contributed by atoms with Crippen molar-refractivity contribution < 1.29 is 4.79 Å². The fourth-order valence-electron chi connectivity index (χ4n) is 0.946. The van der Waals surface area contributed by atoms with Gasteiger partial charge in [-0.3, -0.25) is 10.1 Å². The van der Waals surface area contributed by atoms with Gasteiger partial charge in [0.05, 0.1) is 12.7 Å². The molecule has 10 heavy (non-hydrogen) atoms. The molecular weight excluding hydrogens is 148 g/mol. The zero-order valence-corrected chi connectivity index (χ0v) is 6.83. The average molecular weight is 160 g/mol. The number of thioether (sulfide) groups is 1. The van der Waals surface area contributed by atoms with Gasteiger partial charge in [-0.05, 0) is 18.4 Å². The normalized spacial score (nSPS) is 24.9. The number of amides is 1. The maximum Gasteiger partial charge on any atom is 0.238 e. The third kappa shape index (κ3) is 1.88. The lowest BCUT2D eigenvalue weighted by Gasteiger charge is -2.03. The Morgan fingerprint density at radius 1 is 1.80 bits per heavy atom. The predicted molar refractivity (Wildman–Crippen MR) is 42.9 cm³/mol. The second-order valence-electron chi connectivity index (χ2n) is 2.26. The van der Waals surface area contributed by atoms with Crippen LogP contribution in [0, 0.1) is 0 Å². The van der Waals surface area contributed by atoms with Crippen LogP contribution in [-0.2, 0) is 4.79 Å². The molecule has 0 radical (unpaired) electrons. The average Bonchev–Trinajstić information content (AvgIpc) is 2.31. The molecule has 0 aromatic rings. The fourth-order valence-corrected chi connectivity index (χ4v) is 1.42. The highest BCUT2D eigenvalue weighted by molar-refractivity contribution is 7.98. The van der Waals surface area contributed by atoms with Gasteiger partial charge in [0.1, 0.15) is 0 Å². The highest BCUT2D eigenvalue weighted by Gasteiger charge is 2.21. The van der Waals surface area contributed by atoms with Gasteiger partial charge >= 0.3 is 0 Å². The Hall–Kier alpha value is -0.220. The molecule has 1 heterocycles. The van der Waals surface area contributed by atoms with Crippen molar-refractivity contribution >= 4 is 17.7 Å². The first-order valence-electron chi connectivity index (χ1n) is 3.34. The van der Waals surface area contributed by atoms with Gasteiger partial charge in [0.2, 0.25) is 5.91 Å². The maximum atomic E-state index is 10.9. The van der Waals surface area contributed by atoms with Gasteiger partial charge in [0, 0.05) is 0 Å². The maximum absolute atomic E-state index is 10.9. The molecule has 0 spiro atoms. The van der Waals surface area contributed by atoms with Gasteiger partial charge in [-0.2, -0.15) is 11.8 Å². The molecule has 1 amide bonds. The van der Waals surface area contributed by atoms with Gasteiger partial charge in [0.15, 0.2) is 0 Å². The van der Waals surface area contributed by atoms with E-state index in [0.29, 0.717) is 6.67 Å². The monoisotopic (exact) mass is 160 g/mol. The molecule has 0 aromatic carbocycles. The lowest BCUT2D eigenvalue weighted by Crippen LogP contribution is -2.28. The molecule has 0 saturated carbocycles. The highest BCUT2D eigenvalue weighted by Crippen LogP contribution is 2.02. The van der Waals surface area contributed by atoms with Crippen molar-refractivity contribution in [3.05, 3.63) is 0 Å². The summed E-state index contributed by atoms with van der Waals surface area (Å²) < 4.78 is 0. The number of rotatable bonds is 3. The summed E-state index contributed by atoms with van der Waals surface area (Å²) in [6.07, 6.45) is 2.99. The Kier molecular flexibility index (Phi) is 3.02. The molecule has 1 rings (SSSR count). The van der Waals surface area contributed by atoms with Crippen molar-refractivity contribution in [3.8, 4) is 0 Å². The summed E-state index contributed by atoms with van der Waals surface area (Å²) in [6, 6.07) is 0.0625. The number of hydrogen-bond donors (Lipinski definition) is 2. The van der Waals surface area contributed by atoms with E-state index in [4.69, 9.17) is 0 Å². The first kappa shape index (κ1) is 7.88. The molecular formula is C6H12N2OS. The van der Waals surface area contributed by atoms with E-state index in [1.807, 2.05) is 6.26 Å². The van der Waals surface area contributed by atoms with Crippen LogP contribution in [0.5, 0.6) is 0 Å². The summed E-state index contributed by atoms with van der Waals surface area (Å²) in [7, 11) is 0. The first-order valence-corrected chi connectivity index (χ1v) is 4.74. The zero-order chi connectivity index (χ0) is 7.40. The topological polar surface area (TPSA) is 41.1 Å². The van der Waals surface area contributed by atoms with Crippen LogP contribution in [0.1, 0.15) is 6.42 Å². The van der Waals surface area contributed by atoms with Crippen LogP contribution in [0.3, 0.4) is 0 Å². The van der Waals surface area contributed by atoms with Crippen LogP contribution >= 0.6 is 11.8 Å². The van der Waals surface area contributed by atoms with Crippen molar-refractivity contribution in [3.63, 3.8) is 0 Å². The smallest absolute Gasteiger partial charge is 0.238 e. The summed E-state index contributed by atoms with van der Waals surface area (Å²) in [6.45, 7) is 0.637. The van der Waals surface area contributed by atoms with E-state index in [0.717, 1.165) is 12.2 Å². The Bertz CT molecular complexity index is 129. The summed E-state index contributed by atoms with van der Waals surface area (Å²) in [5.74, 6) is 1.19. The van der Waals surface area contributed by atoms with E-state index in [1.54, 1.807) is 11.8 Å². The summed E-state index contributed by atoms with van der Waals surface area (Å²) in [5, 5.41) is 5.79. The second-order valence-corrected chi connectivity index (χ2v) is 3.24. The molecule has 3 nitrogen and oxygen atoms in total. The molecule has 2 N–H and O–H groups in total. The predicted octanol–water partition coefficient (Wildman–Crippen LogP) is -0.215. The lowest BCUT2D eigenvalue weighted by molar-refractivity contribution is -0.120. The van der Waals surface area contributed by atoms with Crippen LogP contribution in [0.4, 0.5) is 0 Å². The molecule has 4 heteroatoms. The number of carbonyl (C=O) groups excluding carboxylic acids is 1. The molecule has 1 saturated heterocycles. The van der Waals surface area contributed by atoms with Crippen molar-refractivity contribution in [1.29, 1.82) is 0 Å². The highest BCUT2D eigenvalue weighted by atomic mass is 32.2. The van der Waals surface area contributed by atoms with Gasteiger partial charge in [-0.1, -0.05) is 0 Å². The van der Waals surface area contributed by atoms with Crippen molar-refractivity contribution in [1.82, 2.24) is 10.6 Å². The molecule has 0 bridgehead atoms. The third-order valence-corrected chi connectivity index (χ3v) is 2.18. The third-order valence-electron chi connectivity index (χ3n) is 1.54. The second kappa shape index (κ2) is 3.83. The van der Waals surface area contributed by atoms with E-state index < -0.39 is 0 Å². The van der Waals surface area contributed by atoms with Crippen molar-refractivity contribution in [2.24, 2.45) is 0 Å². The van der Waals surface area contributed by atoms with Crippen LogP contribution in [-0.4, -0.2) is 30.6 Å². The standard InChI is InChI=1S/C6H12N2OS/c1-10-3-2-5-6(9)8-4-7-5/h5,7H,2-4H2,1H3,(H,8,9). The minimum atomic E-state index is 0.0625. The van der Waals surface area contributed by atoms with Crippen LogP contribution in [0.25, 0.3) is 0 Å². The zero-order valence-electron chi connectivity index (χ0n) is 6.02. The molecule has 1 aliphatic heterocycles. The van der Waals surface area contributed by atoms with E-state index in [2.05, 4.69) is 10.6 Å². The summed E-state index contributed by atoms with van der Waals surface area (Å²) in [5.41, 5.74) is 0. The minimum absolute atomic E-state index is 0.0625. The van der Waals surface area contributed by atoms with E-state index in [-0.39, 0.29) is 11.9 Å². The molecule has 1 aliphatic rings. The molecule has 0 aromatic heterocycles. The fraction of sp³-hybridized carbons (Fsp3) is 0.833. The summed E-state index contributed by atoms with van der Waals surface area (Å²) in [4.78, 5) is 10.9. The van der Waals surface area contributed by atoms with Crippen LogP contribution < -0.4 is 10.6 Å². The Morgan fingerprint density at radius 3 is 3.10 bits per heavy atom. The van der Waals surface area contributed by atoms with Crippen molar-refractivity contribution in [2.75, 3.05) is 18.7 Å². The molecule has 1 unspecified atom stereocenters. The number of carbonyl (C=O) groups is 1.